The van der Waals surface area contributed by atoms with E-state index in [2.05, 4.69) is 27.3 Å². The lowest BCUT2D eigenvalue weighted by atomic mass is 10.3. The van der Waals surface area contributed by atoms with Crippen LogP contribution < -0.4 is 15.2 Å². The van der Waals surface area contributed by atoms with Crippen LogP contribution in [0.15, 0.2) is 47.4 Å². The highest BCUT2D eigenvalue weighted by molar-refractivity contribution is 14.1. The quantitative estimate of drug-likeness (QED) is 0.607. The van der Waals surface area contributed by atoms with Crippen molar-refractivity contribution in [1.29, 1.82) is 0 Å². The summed E-state index contributed by atoms with van der Waals surface area (Å²) in [5.41, 5.74) is 6.59. The number of nitrogens with two attached hydrogens (primary N) is 1. The zero-order valence-electron chi connectivity index (χ0n) is 10.6. The molecule has 0 unspecified atom stereocenters. The number of ether oxygens (including phenoxy) is 1. The van der Waals surface area contributed by atoms with Crippen LogP contribution in [-0.4, -0.2) is 15.5 Å². The maximum atomic E-state index is 12.4. The zero-order valence-corrected chi connectivity index (χ0v) is 13.6. The van der Waals surface area contributed by atoms with Crippen molar-refractivity contribution in [3.8, 4) is 5.75 Å². The lowest BCUT2D eigenvalue weighted by Crippen LogP contribution is -2.15. The molecular formula is C13H13IN2O3S. The molecular weight excluding hydrogens is 391 g/mol. The molecule has 3 N–H and O–H groups in total. The molecule has 0 heterocycles. The number of rotatable bonds is 4. The van der Waals surface area contributed by atoms with Crippen LogP contribution in [0.2, 0.25) is 0 Å². The highest BCUT2D eigenvalue weighted by Gasteiger charge is 2.20. The van der Waals surface area contributed by atoms with Crippen LogP contribution in [-0.2, 0) is 10.0 Å². The molecule has 0 saturated heterocycles. The summed E-state index contributed by atoms with van der Waals surface area (Å²) in [6.45, 7) is 0. The van der Waals surface area contributed by atoms with Gasteiger partial charge in [-0.2, -0.15) is 0 Å². The van der Waals surface area contributed by atoms with E-state index < -0.39 is 10.0 Å². The maximum Gasteiger partial charge on any atom is 0.265 e. The third kappa shape index (κ3) is 3.15. The van der Waals surface area contributed by atoms with Gasteiger partial charge in [-0.05, 0) is 46.9 Å². The zero-order chi connectivity index (χ0) is 14.8. The van der Waals surface area contributed by atoms with Crippen molar-refractivity contribution in [3.05, 3.63) is 46.0 Å². The Kier molecular flexibility index (Phi) is 4.39. The molecule has 5 nitrogen and oxygen atoms in total. The first-order valence-electron chi connectivity index (χ1n) is 5.65. The first-order valence-corrected chi connectivity index (χ1v) is 8.21. The van der Waals surface area contributed by atoms with Gasteiger partial charge in [0.2, 0.25) is 0 Å². The average molecular weight is 404 g/mol. The van der Waals surface area contributed by atoms with Crippen LogP contribution in [0, 0.1) is 3.57 Å². The topological polar surface area (TPSA) is 81.4 Å². The molecule has 0 aromatic heterocycles. The number of methoxy groups -OCH3 is 1. The number of para-hydroxylation sites is 1. The summed E-state index contributed by atoms with van der Waals surface area (Å²) in [5.74, 6) is 0.212. The number of nitrogen functional groups attached to an aromatic ring is 1. The maximum absolute atomic E-state index is 12.4. The molecule has 7 heteroatoms. The van der Waals surface area contributed by atoms with Crippen molar-refractivity contribution >= 4 is 44.0 Å². The smallest absolute Gasteiger partial charge is 0.265 e. The molecule has 0 aliphatic carbocycles. The van der Waals surface area contributed by atoms with Gasteiger partial charge in [-0.15, -0.1) is 0 Å². The monoisotopic (exact) mass is 404 g/mol. The number of anilines is 2. The second kappa shape index (κ2) is 5.88. The summed E-state index contributed by atoms with van der Waals surface area (Å²) in [6.07, 6.45) is 0. The van der Waals surface area contributed by atoms with E-state index in [1.807, 2.05) is 12.1 Å². The summed E-state index contributed by atoms with van der Waals surface area (Å²) in [6, 6.07) is 11.5. The highest BCUT2D eigenvalue weighted by atomic mass is 127. The number of benzene rings is 2. The van der Waals surface area contributed by atoms with Gasteiger partial charge in [0, 0.05) is 15.3 Å². The molecule has 0 aliphatic heterocycles. The Balaban J connectivity index is 2.44. The number of nitrogens with one attached hydrogen (secondary N) is 1. The van der Waals surface area contributed by atoms with Gasteiger partial charge < -0.3 is 10.5 Å². The van der Waals surface area contributed by atoms with E-state index in [1.165, 1.54) is 25.3 Å². The third-order valence-electron chi connectivity index (χ3n) is 2.60. The van der Waals surface area contributed by atoms with E-state index in [0.29, 0.717) is 11.4 Å². The minimum atomic E-state index is -3.73. The predicted molar refractivity (Wildman–Crippen MR) is 87.4 cm³/mol. The van der Waals surface area contributed by atoms with Gasteiger partial charge in [0.25, 0.3) is 10.0 Å². The molecule has 0 fully saturated rings. The van der Waals surface area contributed by atoms with Gasteiger partial charge in [-0.1, -0.05) is 12.1 Å². The summed E-state index contributed by atoms with van der Waals surface area (Å²) in [7, 11) is -2.33. The van der Waals surface area contributed by atoms with Gasteiger partial charge in [-0.3, -0.25) is 4.72 Å². The second-order valence-corrected chi connectivity index (χ2v) is 6.81. The lowest BCUT2D eigenvalue weighted by molar-refractivity contribution is 0.403. The molecule has 0 amide bonds. The van der Waals surface area contributed by atoms with Gasteiger partial charge >= 0.3 is 0 Å². The molecule has 0 aliphatic rings. The highest BCUT2D eigenvalue weighted by Crippen LogP contribution is 2.28. The Bertz CT molecular complexity index is 732. The standard InChI is InChI=1S/C13H13IN2O3S/c1-19-12-8-9(15)6-7-13(12)20(17,18)16-11-5-3-2-4-10(11)14/h2-8,16H,15H2,1H3. The fourth-order valence-electron chi connectivity index (χ4n) is 1.65. The number of hydrogen-bond acceptors (Lipinski definition) is 4. The Morgan fingerprint density at radius 3 is 2.55 bits per heavy atom. The number of hydrogen-bond donors (Lipinski definition) is 2. The Hall–Kier alpha value is -1.48. The molecule has 0 spiro atoms. The van der Waals surface area contributed by atoms with E-state index in [4.69, 9.17) is 10.5 Å². The van der Waals surface area contributed by atoms with Gasteiger partial charge in [-0.25, -0.2) is 8.42 Å². The van der Waals surface area contributed by atoms with Crippen molar-refractivity contribution in [2.24, 2.45) is 0 Å². The van der Waals surface area contributed by atoms with E-state index in [0.717, 1.165) is 3.57 Å². The van der Waals surface area contributed by atoms with Gasteiger partial charge in [0.1, 0.15) is 10.6 Å². The number of halogens is 1. The third-order valence-corrected chi connectivity index (χ3v) is 4.94. The second-order valence-electron chi connectivity index (χ2n) is 4.00. The molecule has 0 saturated carbocycles. The Labute approximate surface area is 131 Å². The molecule has 0 bridgehead atoms. The van der Waals surface area contributed by atoms with Crippen LogP contribution in [0.1, 0.15) is 0 Å². The van der Waals surface area contributed by atoms with Crippen molar-refractivity contribution in [2.75, 3.05) is 17.6 Å². The van der Waals surface area contributed by atoms with Crippen LogP contribution in [0.5, 0.6) is 5.75 Å². The summed E-state index contributed by atoms with van der Waals surface area (Å²) in [5, 5.41) is 0. The van der Waals surface area contributed by atoms with E-state index in [-0.39, 0.29) is 10.6 Å². The van der Waals surface area contributed by atoms with Gasteiger partial charge in [0.05, 0.1) is 12.8 Å². The van der Waals surface area contributed by atoms with E-state index in [9.17, 15) is 8.42 Å². The average Bonchev–Trinajstić information content (AvgIpc) is 2.40. The minimum absolute atomic E-state index is 0.0499. The molecule has 2 rings (SSSR count). The number of sulfonamides is 1. The fraction of sp³-hybridized carbons (Fsp3) is 0.0769. The largest absolute Gasteiger partial charge is 0.495 e. The summed E-state index contributed by atoms with van der Waals surface area (Å²) >= 11 is 2.06. The first kappa shape index (κ1) is 14.9. The molecule has 20 heavy (non-hydrogen) atoms. The normalized spacial score (nSPS) is 11.1. The van der Waals surface area contributed by atoms with Crippen LogP contribution in [0.25, 0.3) is 0 Å². The first-order chi connectivity index (χ1) is 9.44. The van der Waals surface area contributed by atoms with E-state index >= 15 is 0 Å². The minimum Gasteiger partial charge on any atom is -0.495 e. The molecule has 0 atom stereocenters. The summed E-state index contributed by atoms with van der Waals surface area (Å²) in [4.78, 5) is 0.0499. The summed E-state index contributed by atoms with van der Waals surface area (Å²) < 4.78 is 33.2. The van der Waals surface area contributed by atoms with Crippen molar-refractivity contribution in [2.45, 2.75) is 4.90 Å². The fourth-order valence-corrected chi connectivity index (χ4v) is 3.59. The van der Waals surface area contributed by atoms with Crippen molar-refractivity contribution in [3.63, 3.8) is 0 Å². The Morgan fingerprint density at radius 2 is 1.90 bits per heavy atom. The molecule has 106 valence electrons. The van der Waals surface area contributed by atoms with Crippen molar-refractivity contribution in [1.82, 2.24) is 0 Å². The van der Waals surface area contributed by atoms with E-state index in [1.54, 1.807) is 12.1 Å². The van der Waals surface area contributed by atoms with Crippen LogP contribution >= 0.6 is 22.6 Å². The van der Waals surface area contributed by atoms with Crippen LogP contribution in [0.3, 0.4) is 0 Å². The molecule has 0 radical (unpaired) electrons. The SMILES string of the molecule is COc1cc(N)ccc1S(=O)(=O)Nc1ccccc1I. The lowest BCUT2D eigenvalue weighted by Gasteiger charge is -2.13. The van der Waals surface area contributed by atoms with Crippen molar-refractivity contribution < 1.29 is 13.2 Å². The van der Waals surface area contributed by atoms with Crippen LogP contribution in [0.4, 0.5) is 11.4 Å². The molecule has 2 aromatic carbocycles. The molecule has 2 aromatic rings. The Morgan fingerprint density at radius 1 is 1.20 bits per heavy atom. The predicted octanol–water partition coefficient (Wildman–Crippen LogP) is 2.68. The van der Waals surface area contributed by atoms with Gasteiger partial charge in [0.15, 0.2) is 0 Å².